The van der Waals surface area contributed by atoms with Crippen LogP contribution in [0.2, 0.25) is 0 Å². The summed E-state index contributed by atoms with van der Waals surface area (Å²) in [6, 6.07) is 3.91. The molecule has 0 saturated heterocycles. The van der Waals surface area contributed by atoms with Crippen LogP contribution in [0.4, 0.5) is 0 Å². The van der Waals surface area contributed by atoms with Crippen molar-refractivity contribution in [1.29, 1.82) is 0 Å². The maximum atomic E-state index is 11.1. The second kappa shape index (κ2) is 4.24. The van der Waals surface area contributed by atoms with E-state index in [1.807, 2.05) is 17.5 Å². The van der Waals surface area contributed by atoms with Gasteiger partial charge in [0.1, 0.15) is 12.4 Å². The van der Waals surface area contributed by atoms with Crippen LogP contribution in [-0.2, 0) is 11.3 Å². The van der Waals surface area contributed by atoms with Crippen molar-refractivity contribution in [3.8, 4) is 10.7 Å². The number of hydrogen-bond acceptors (Lipinski definition) is 4. The van der Waals surface area contributed by atoms with Gasteiger partial charge < -0.3 is 4.57 Å². The molecule has 0 saturated carbocycles. The average molecular weight is 222 g/mol. The normalized spacial score (nSPS) is 10.2. The number of hydrogen-bond donors (Lipinski definition) is 2. The van der Waals surface area contributed by atoms with Gasteiger partial charge in [-0.2, -0.15) is 0 Å². The van der Waals surface area contributed by atoms with E-state index < -0.39 is 0 Å². The van der Waals surface area contributed by atoms with Crippen LogP contribution < -0.4 is 11.3 Å². The van der Waals surface area contributed by atoms with Gasteiger partial charge in [-0.3, -0.25) is 10.2 Å². The first-order valence-corrected chi connectivity index (χ1v) is 5.23. The Balaban J connectivity index is 2.27. The highest BCUT2D eigenvalue weighted by atomic mass is 32.1. The molecule has 2 heterocycles. The van der Waals surface area contributed by atoms with Gasteiger partial charge in [0.15, 0.2) is 0 Å². The van der Waals surface area contributed by atoms with Gasteiger partial charge >= 0.3 is 0 Å². The maximum Gasteiger partial charge on any atom is 0.253 e. The van der Waals surface area contributed by atoms with Crippen molar-refractivity contribution >= 4 is 17.2 Å². The van der Waals surface area contributed by atoms with Crippen LogP contribution in [0.25, 0.3) is 10.7 Å². The van der Waals surface area contributed by atoms with Crippen LogP contribution in [0.1, 0.15) is 0 Å². The van der Waals surface area contributed by atoms with Gasteiger partial charge in [-0.05, 0) is 11.4 Å². The smallest absolute Gasteiger partial charge is 0.253 e. The molecule has 0 aliphatic rings. The minimum absolute atomic E-state index is 0.184. The first kappa shape index (κ1) is 9.88. The molecule has 0 bridgehead atoms. The summed E-state index contributed by atoms with van der Waals surface area (Å²) in [6.07, 6.45) is 3.42. The Morgan fingerprint density at radius 2 is 2.53 bits per heavy atom. The molecule has 0 unspecified atom stereocenters. The zero-order chi connectivity index (χ0) is 10.7. The van der Waals surface area contributed by atoms with Crippen LogP contribution in [0.3, 0.4) is 0 Å². The lowest BCUT2D eigenvalue weighted by molar-refractivity contribution is -0.121. The average Bonchev–Trinajstić information content (AvgIpc) is 2.86. The second-order valence-electron chi connectivity index (χ2n) is 2.92. The molecular weight excluding hydrogens is 212 g/mol. The number of nitrogens with two attached hydrogens (primary N) is 1. The molecule has 15 heavy (non-hydrogen) atoms. The molecule has 0 aliphatic carbocycles. The number of thiophene rings is 1. The molecule has 0 fully saturated rings. The second-order valence-corrected chi connectivity index (χ2v) is 3.87. The summed E-state index contributed by atoms with van der Waals surface area (Å²) in [7, 11) is 0. The van der Waals surface area contributed by atoms with Gasteiger partial charge in [0.25, 0.3) is 5.91 Å². The third kappa shape index (κ3) is 2.05. The molecule has 2 aromatic rings. The van der Waals surface area contributed by atoms with E-state index in [4.69, 9.17) is 5.84 Å². The lowest BCUT2D eigenvalue weighted by Gasteiger charge is -2.04. The molecule has 0 spiro atoms. The van der Waals surface area contributed by atoms with Gasteiger partial charge in [0, 0.05) is 12.4 Å². The minimum atomic E-state index is -0.245. The van der Waals surface area contributed by atoms with E-state index >= 15 is 0 Å². The molecule has 0 atom stereocenters. The zero-order valence-corrected chi connectivity index (χ0v) is 8.70. The van der Waals surface area contributed by atoms with Crippen LogP contribution in [0.15, 0.2) is 29.9 Å². The summed E-state index contributed by atoms with van der Waals surface area (Å²) >= 11 is 1.58. The van der Waals surface area contributed by atoms with E-state index in [0.29, 0.717) is 0 Å². The number of amides is 1. The molecule has 0 aliphatic heterocycles. The lowest BCUT2D eigenvalue weighted by Crippen LogP contribution is -2.33. The molecule has 5 nitrogen and oxygen atoms in total. The number of carbonyl (C=O) groups is 1. The zero-order valence-electron chi connectivity index (χ0n) is 7.88. The van der Waals surface area contributed by atoms with Crippen molar-refractivity contribution < 1.29 is 4.79 Å². The Morgan fingerprint density at radius 1 is 1.67 bits per heavy atom. The van der Waals surface area contributed by atoms with Crippen LogP contribution in [0.5, 0.6) is 0 Å². The molecule has 78 valence electrons. The van der Waals surface area contributed by atoms with Crippen molar-refractivity contribution in [3.05, 3.63) is 29.9 Å². The summed E-state index contributed by atoms with van der Waals surface area (Å²) in [6.45, 7) is 0.184. The fourth-order valence-electron chi connectivity index (χ4n) is 1.27. The van der Waals surface area contributed by atoms with E-state index in [1.54, 1.807) is 28.3 Å². The fraction of sp³-hybridized carbons (Fsp3) is 0.111. The Labute approximate surface area is 90.5 Å². The molecule has 0 radical (unpaired) electrons. The summed E-state index contributed by atoms with van der Waals surface area (Å²) in [4.78, 5) is 16.4. The monoisotopic (exact) mass is 222 g/mol. The van der Waals surface area contributed by atoms with E-state index in [9.17, 15) is 4.79 Å². The Bertz CT molecular complexity index is 448. The Kier molecular flexibility index (Phi) is 2.79. The largest absolute Gasteiger partial charge is 0.321 e. The van der Waals surface area contributed by atoms with E-state index in [0.717, 1.165) is 10.7 Å². The third-order valence-corrected chi connectivity index (χ3v) is 2.80. The number of hydrazine groups is 1. The van der Waals surface area contributed by atoms with Crippen molar-refractivity contribution in [2.24, 2.45) is 5.84 Å². The first-order valence-electron chi connectivity index (χ1n) is 4.35. The molecule has 6 heteroatoms. The minimum Gasteiger partial charge on any atom is -0.321 e. The molecule has 2 rings (SSSR count). The highest BCUT2D eigenvalue weighted by Gasteiger charge is 2.08. The van der Waals surface area contributed by atoms with Gasteiger partial charge in [0.2, 0.25) is 0 Å². The van der Waals surface area contributed by atoms with E-state index in [1.165, 1.54) is 0 Å². The van der Waals surface area contributed by atoms with Crippen molar-refractivity contribution in [1.82, 2.24) is 15.0 Å². The van der Waals surface area contributed by atoms with E-state index in [2.05, 4.69) is 10.4 Å². The predicted molar refractivity (Wildman–Crippen MR) is 57.9 cm³/mol. The standard InChI is InChI=1S/C9H10N4OS/c10-12-8(14)6-13-4-3-11-9(13)7-2-1-5-15-7/h1-5H,6,10H2,(H,12,14). The van der Waals surface area contributed by atoms with Crippen LogP contribution in [-0.4, -0.2) is 15.5 Å². The SMILES string of the molecule is NNC(=O)Cn1ccnc1-c1cccs1. The third-order valence-electron chi connectivity index (χ3n) is 1.93. The van der Waals surface area contributed by atoms with Crippen molar-refractivity contribution in [2.45, 2.75) is 6.54 Å². The first-order chi connectivity index (χ1) is 7.31. The van der Waals surface area contributed by atoms with Crippen molar-refractivity contribution in [3.63, 3.8) is 0 Å². The number of nitrogens with zero attached hydrogens (tertiary/aromatic N) is 2. The summed E-state index contributed by atoms with van der Waals surface area (Å²) in [5.74, 6) is 5.57. The molecule has 2 aromatic heterocycles. The maximum absolute atomic E-state index is 11.1. The van der Waals surface area contributed by atoms with Crippen molar-refractivity contribution in [2.75, 3.05) is 0 Å². The quantitative estimate of drug-likeness (QED) is 0.454. The Hall–Kier alpha value is -1.66. The highest BCUT2D eigenvalue weighted by Crippen LogP contribution is 2.22. The van der Waals surface area contributed by atoms with E-state index in [-0.39, 0.29) is 12.5 Å². The van der Waals surface area contributed by atoms with Gasteiger partial charge in [-0.1, -0.05) is 6.07 Å². The number of carbonyl (C=O) groups excluding carboxylic acids is 1. The van der Waals surface area contributed by atoms with Gasteiger partial charge in [0.05, 0.1) is 4.88 Å². The molecule has 1 amide bonds. The van der Waals surface area contributed by atoms with Crippen LogP contribution in [0, 0.1) is 0 Å². The van der Waals surface area contributed by atoms with Crippen LogP contribution >= 0.6 is 11.3 Å². The van der Waals surface area contributed by atoms with Gasteiger partial charge in [-0.25, -0.2) is 10.8 Å². The van der Waals surface area contributed by atoms with Gasteiger partial charge in [-0.15, -0.1) is 11.3 Å². The Morgan fingerprint density at radius 3 is 3.20 bits per heavy atom. The lowest BCUT2D eigenvalue weighted by atomic mass is 10.4. The predicted octanol–water partition coefficient (Wildman–Crippen LogP) is 0.602. The molecule has 0 aromatic carbocycles. The topological polar surface area (TPSA) is 72.9 Å². The summed E-state index contributed by atoms with van der Waals surface area (Å²) < 4.78 is 1.76. The summed E-state index contributed by atoms with van der Waals surface area (Å²) in [5, 5.41) is 1.97. The summed E-state index contributed by atoms with van der Waals surface area (Å²) in [5.41, 5.74) is 2.09. The number of aromatic nitrogens is 2. The molecular formula is C9H10N4OS. The molecule has 3 N–H and O–H groups in total. The highest BCUT2D eigenvalue weighted by molar-refractivity contribution is 7.13. The number of imidazole rings is 1. The number of rotatable bonds is 3. The number of nitrogens with one attached hydrogen (secondary N) is 1. The fourth-order valence-corrected chi connectivity index (χ4v) is 2.00.